The molecule has 0 aliphatic rings. The number of nitrogens with zero attached hydrogens (tertiary/aromatic N) is 1. The van der Waals surface area contributed by atoms with Gasteiger partial charge in [-0.25, -0.2) is 17.8 Å². The Bertz CT molecular complexity index is 1180. The molecule has 31 heavy (non-hydrogen) atoms. The first-order valence-electron chi connectivity index (χ1n) is 9.20. The van der Waals surface area contributed by atoms with Crippen molar-refractivity contribution in [3.8, 4) is 12.3 Å². The highest BCUT2D eigenvalue weighted by molar-refractivity contribution is 9.10. The molecule has 0 saturated carbocycles. The topological polar surface area (TPSA) is 88.2 Å². The predicted molar refractivity (Wildman–Crippen MR) is 124 cm³/mol. The summed E-state index contributed by atoms with van der Waals surface area (Å²) in [6.45, 7) is 6.19. The summed E-state index contributed by atoms with van der Waals surface area (Å²) < 4.78 is 39.8. The third-order valence-electron chi connectivity index (χ3n) is 4.12. The minimum absolute atomic E-state index is 0.0102. The maximum Gasteiger partial charge on any atom is 0.244 e. The third kappa shape index (κ3) is 7.19. The van der Waals surface area contributed by atoms with Crippen LogP contribution in [0, 0.1) is 18.2 Å². The van der Waals surface area contributed by atoms with Crippen molar-refractivity contribution in [2.75, 3.05) is 11.0 Å². The van der Waals surface area contributed by atoms with Crippen molar-refractivity contribution >= 4 is 43.6 Å². The predicted octanol–water partition coefficient (Wildman–Crippen LogP) is 3.96. The zero-order valence-electron chi connectivity index (χ0n) is 17.6. The smallest absolute Gasteiger partial charge is 0.244 e. The lowest BCUT2D eigenvalue weighted by atomic mass is 9.91. The average Bonchev–Trinajstić information content (AvgIpc) is 2.65. The largest absolute Gasteiger partial charge is 0.348 e. The second-order valence-corrected chi connectivity index (χ2v) is 10.4. The standard InChI is InChI=1S/C22H23BrFN3O3S/c1-6-15-11-14(12-17(24)20(15)27-31(5,29)30)13-25-19(28)10-8-16-7-9-18(22(2,3)4)26-21(16)23/h1,7-12,27H,13H2,2-5H3,(H,25,28)/b10-8+. The number of terminal acetylenes is 1. The van der Waals surface area contributed by atoms with Gasteiger partial charge in [-0.3, -0.25) is 9.52 Å². The molecule has 2 N–H and O–H groups in total. The first-order chi connectivity index (χ1) is 14.3. The third-order valence-corrected chi connectivity index (χ3v) is 5.33. The van der Waals surface area contributed by atoms with Crippen molar-refractivity contribution in [1.82, 2.24) is 10.3 Å². The lowest BCUT2D eigenvalue weighted by molar-refractivity contribution is -0.116. The van der Waals surface area contributed by atoms with E-state index in [0.29, 0.717) is 10.2 Å². The molecule has 0 atom stereocenters. The van der Waals surface area contributed by atoms with Crippen LogP contribution in [0.4, 0.5) is 10.1 Å². The van der Waals surface area contributed by atoms with E-state index in [2.05, 4.69) is 57.6 Å². The molecule has 0 fully saturated rings. The van der Waals surface area contributed by atoms with Crippen LogP contribution in [0.15, 0.2) is 34.9 Å². The zero-order valence-corrected chi connectivity index (χ0v) is 20.0. The number of benzene rings is 1. The Morgan fingerprint density at radius 2 is 2.00 bits per heavy atom. The van der Waals surface area contributed by atoms with Gasteiger partial charge in [0.2, 0.25) is 15.9 Å². The van der Waals surface area contributed by atoms with Gasteiger partial charge in [-0.2, -0.15) is 0 Å². The Hall–Kier alpha value is -2.70. The number of amides is 1. The molecule has 0 radical (unpaired) electrons. The van der Waals surface area contributed by atoms with E-state index in [1.54, 1.807) is 6.08 Å². The summed E-state index contributed by atoms with van der Waals surface area (Å²) in [5, 5.41) is 2.64. The first kappa shape index (κ1) is 24.6. The van der Waals surface area contributed by atoms with E-state index < -0.39 is 21.7 Å². The summed E-state index contributed by atoms with van der Waals surface area (Å²) in [4.78, 5) is 16.7. The molecule has 0 spiro atoms. The van der Waals surface area contributed by atoms with Gasteiger partial charge in [0.05, 0.1) is 17.5 Å². The molecule has 2 rings (SSSR count). The van der Waals surface area contributed by atoms with Crippen LogP contribution < -0.4 is 10.0 Å². The summed E-state index contributed by atoms with van der Waals surface area (Å²) in [7, 11) is -3.69. The number of carbonyl (C=O) groups excluding carboxylic acids is 1. The second kappa shape index (κ2) is 9.62. The van der Waals surface area contributed by atoms with Crippen molar-refractivity contribution in [1.29, 1.82) is 0 Å². The Morgan fingerprint density at radius 3 is 2.55 bits per heavy atom. The molecule has 1 amide bonds. The number of hydrogen-bond donors (Lipinski definition) is 2. The van der Waals surface area contributed by atoms with Crippen molar-refractivity contribution in [3.05, 3.63) is 63.1 Å². The quantitative estimate of drug-likeness (QED) is 0.351. The molecule has 9 heteroatoms. The van der Waals surface area contributed by atoms with Crippen LogP contribution in [0.5, 0.6) is 0 Å². The summed E-state index contributed by atoms with van der Waals surface area (Å²) in [6, 6.07) is 6.32. The first-order valence-corrected chi connectivity index (χ1v) is 11.9. The minimum atomic E-state index is -3.69. The SMILES string of the molecule is C#Cc1cc(CNC(=O)/C=C/c2ccc(C(C)(C)C)nc2Br)cc(F)c1NS(C)(=O)=O. The highest BCUT2D eigenvalue weighted by Gasteiger charge is 2.16. The Kier molecular flexibility index (Phi) is 7.63. The van der Waals surface area contributed by atoms with Gasteiger partial charge in [-0.1, -0.05) is 32.8 Å². The molecule has 0 aliphatic heterocycles. The summed E-state index contributed by atoms with van der Waals surface area (Å²) in [5.74, 6) is 1.03. The lowest BCUT2D eigenvalue weighted by Crippen LogP contribution is -2.21. The number of carbonyl (C=O) groups is 1. The number of anilines is 1. The molecule has 2 aromatic rings. The van der Waals surface area contributed by atoms with Gasteiger partial charge in [0.25, 0.3) is 0 Å². The Morgan fingerprint density at radius 1 is 1.32 bits per heavy atom. The highest BCUT2D eigenvalue weighted by Crippen LogP contribution is 2.25. The molecule has 164 valence electrons. The Labute approximate surface area is 190 Å². The minimum Gasteiger partial charge on any atom is -0.348 e. The number of aromatic nitrogens is 1. The molecule has 0 bridgehead atoms. The number of halogens is 2. The van der Waals surface area contributed by atoms with Gasteiger partial charge in [0.1, 0.15) is 10.4 Å². The number of nitrogens with one attached hydrogen (secondary N) is 2. The van der Waals surface area contributed by atoms with Crippen LogP contribution in [0.25, 0.3) is 6.08 Å². The normalized spacial score (nSPS) is 11.9. The maximum atomic E-state index is 14.3. The molecule has 0 aliphatic carbocycles. The zero-order chi connectivity index (χ0) is 23.4. The average molecular weight is 508 g/mol. The van der Waals surface area contributed by atoms with Crippen LogP contribution in [-0.2, 0) is 26.8 Å². The van der Waals surface area contributed by atoms with Gasteiger partial charge in [0.15, 0.2) is 0 Å². The molecule has 1 heterocycles. The molecular formula is C22H23BrFN3O3S. The molecule has 6 nitrogen and oxygen atoms in total. The van der Waals surface area contributed by atoms with Gasteiger partial charge >= 0.3 is 0 Å². The fourth-order valence-corrected chi connectivity index (χ4v) is 3.60. The number of sulfonamides is 1. The molecule has 1 aromatic carbocycles. The Balaban J connectivity index is 2.09. The highest BCUT2D eigenvalue weighted by atomic mass is 79.9. The molecular weight excluding hydrogens is 485 g/mol. The van der Waals surface area contributed by atoms with Crippen LogP contribution in [0.3, 0.4) is 0 Å². The van der Waals surface area contributed by atoms with E-state index in [9.17, 15) is 17.6 Å². The van der Waals surface area contributed by atoms with E-state index in [0.717, 1.165) is 23.6 Å². The fraction of sp³-hybridized carbons (Fsp3) is 0.273. The van der Waals surface area contributed by atoms with E-state index in [1.165, 1.54) is 12.1 Å². The van der Waals surface area contributed by atoms with Crippen LogP contribution in [0.2, 0.25) is 0 Å². The van der Waals surface area contributed by atoms with E-state index in [4.69, 9.17) is 6.42 Å². The molecule has 0 saturated heterocycles. The summed E-state index contributed by atoms with van der Waals surface area (Å²) in [5.41, 5.74) is 1.70. The lowest BCUT2D eigenvalue weighted by Gasteiger charge is -2.18. The van der Waals surface area contributed by atoms with Crippen molar-refractivity contribution in [2.24, 2.45) is 0 Å². The van der Waals surface area contributed by atoms with E-state index >= 15 is 0 Å². The van der Waals surface area contributed by atoms with Crippen LogP contribution in [-0.4, -0.2) is 25.6 Å². The monoisotopic (exact) mass is 507 g/mol. The van der Waals surface area contributed by atoms with Gasteiger partial charge in [0, 0.05) is 29.3 Å². The van der Waals surface area contributed by atoms with Crippen molar-refractivity contribution in [3.63, 3.8) is 0 Å². The van der Waals surface area contributed by atoms with E-state index in [-0.39, 0.29) is 23.2 Å². The maximum absolute atomic E-state index is 14.3. The number of hydrogen-bond acceptors (Lipinski definition) is 4. The van der Waals surface area contributed by atoms with Gasteiger partial charge in [-0.15, -0.1) is 6.42 Å². The number of pyridine rings is 1. The van der Waals surface area contributed by atoms with Crippen molar-refractivity contribution < 1.29 is 17.6 Å². The van der Waals surface area contributed by atoms with Gasteiger partial charge < -0.3 is 5.32 Å². The summed E-state index contributed by atoms with van der Waals surface area (Å²) >= 11 is 3.41. The van der Waals surface area contributed by atoms with Crippen LogP contribution in [0.1, 0.15) is 43.2 Å². The fourth-order valence-electron chi connectivity index (χ4n) is 2.57. The van der Waals surface area contributed by atoms with E-state index in [1.807, 2.05) is 12.1 Å². The molecule has 0 unspecified atom stereocenters. The number of rotatable bonds is 6. The van der Waals surface area contributed by atoms with Gasteiger partial charge in [-0.05, 0) is 45.8 Å². The molecule has 1 aromatic heterocycles. The summed E-state index contributed by atoms with van der Waals surface area (Å²) in [6.07, 6.45) is 9.23. The second-order valence-electron chi connectivity index (χ2n) is 7.90. The van der Waals surface area contributed by atoms with Crippen LogP contribution >= 0.6 is 15.9 Å². The van der Waals surface area contributed by atoms with Crippen molar-refractivity contribution in [2.45, 2.75) is 32.7 Å².